The Morgan fingerprint density at radius 3 is 2.60 bits per heavy atom. The predicted octanol–water partition coefficient (Wildman–Crippen LogP) is 3.58. The number of aryl methyl sites for hydroxylation is 1. The van der Waals surface area contributed by atoms with Crippen molar-refractivity contribution < 1.29 is 22.7 Å². The number of allylic oxidation sites excluding steroid dienone is 2. The first-order chi connectivity index (χ1) is 16.7. The number of aromatic nitrogens is 3. The highest BCUT2D eigenvalue weighted by molar-refractivity contribution is 5.94. The zero-order chi connectivity index (χ0) is 25.3. The van der Waals surface area contributed by atoms with Gasteiger partial charge in [0.05, 0.1) is 11.6 Å². The van der Waals surface area contributed by atoms with Crippen LogP contribution in [-0.2, 0) is 0 Å². The molecule has 1 aromatic carbocycles. The number of nitrogens with zero attached hydrogens (tertiary/aromatic N) is 4. The first-order valence-corrected chi connectivity index (χ1v) is 11.0. The van der Waals surface area contributed by atoms with Crippen molar-refractivity contribution in [3.8, 4) is 11.6 Å². The van der Waals surface area contributed by atoms with Gasteiger partial charge in [-0.25, -0.2) is 13.8 Å². The molecule has 0 saturated carbocycles. The van der Waals surface area contributed by atoms with E-state index in [1.54, 1.807) is 19.1 Å². The predicted molar refractivity (Wildman–Crippen MR) is 125 cm³/mol. The van der Waals surface area contributed by atoms with Crippen molar-refractivity contribution in [2.24, 2.45) is 5.73 Å². The lowest BCUT2D eigenvalue weighted by Crippen LogP contribution is -2.45. The van der Waals surface area contributed by atoms with E-state index < -0.39 is 41.0 Å². The summed E-state index contributed by atoms with van der Waals surface area (Å²) in [5.74, 6) is -4.52. The normalized spacial score (nSPS) is 15.4. The molecule has 0 amide bonds. The molecule has 1 atom stereocenters. The maximum absolute atomic E-state index is 15.4. The van der Waals surface area contributed by atoms with Crippen molar-refractivity contribution >= 4 is 16.8 Å². The molecule has 184 valence electrons. The topological polar surface area (TPSA) is 98.3 Å². The summed E-state index contributed by atoms with van der Waals surface area (Å²) in [6, 6.07) is 1.09. The van der Waals surface area contributed by atoms with Crippen LogP contribution in [0.25, 0.3) is 10.9 Å². The Morgan fingerprint density at radius 2 is 1.94 bits per heavy atom. The molecule has 35 heavy (non-hydrogen) atoms. The third-order valence-electron chi connectivity index (χ3n) is 5.81. The summed E-state index contributed by atoms with van der Waals surface area (Å²) in [6.07, 6.45) is 4.28. The van der Waals surface area contributed by atoms with Crippen LogP contribution in [-0.4, -0.2) is 51.5 Å². The molecule has 1 aliphatic heterocycles. The summed E-state index contributed by atoms with van der Waals surface area (Å²) >= 11 is 0. The summed E-state index contributed by atoms with van der Waals surface area (Å²) in [6.45, 7) is 9.28. The Kier molecular flexibility index (Phi) is 6.90. The number of carbonyl (C=O) groups is 1. The number of piperazine rings is 1. The number of nitrogens with two attached hydrogens (primary N) is 1. The fourth-order valence-corrected chi connectivity index (χ4v) is 4.25. The van der Waals surface area contributed by atoms with Crippen LogP contribution in [0.2, 0.25) is 0 Å². The minimum atomic E-state index is -0.998. The number of halogens is 3. The first kappa shape index (κ1) is 24.4. The van der Waals surface area contributed by atoms with Crippen molar-refractivity contribution in [1.82, 2.24) is 24.8 Å². The Hall–Kier alpha value is -3.70. The minimum Gasteiger partial charge on any atom is -0.433 e. The van der Waals surface area contributed by atoms with Crippen LogP contribution in [0.1, 0.15) is 29.1 Å². The molecule has 3 aromatic rings. The molecule has 3 heterocycles. The quantitative estimate of drug-likeness (QED) is 0.514. The Morgan fingerprint density at radius 1 is 1.23 bits per heavy atom. The van der Waals surface area contributed by atoms with Crippen LogP contribution in [0.15, 0.2) is 42.9 Å². The van der Waals surface area contributed by atoms with Gasteiger partial charge in [0.25, 0.3) is 5.88 Å². The van der Waals surface area contributed by atoms with E-state index in [0.29, 0.717) is 24.5 Å². The number of ether oxygens (including phenoxy) is 1. The van der Waals surface area contributed by atoms with Gasteiger partial charge in [-0.1, -0.05) is 12.7 Å². The van der Waals surface area contributed by atoms with Crippen molar-refractivity contribution in [2.75, 3.05) is 26.2 Å². The molecule has 2 aromatic heterocycles. The monoisotopic (exact) mass is 486 g/mol. The number of rotatable bonds is 6. The van der Waals surface area contributed by atoms with Crippen molar-refractivity contribution in [1.29, 1.82) is 0 Å². The number of fused-ring (bicyclic) bond motifs is 1. The van der Waals surface area contributed by atoms with Gasteiger partial charge in [-0.3, -0.25) is 9.36 Å². The molecule has 1 fully saturated rings. The van der Waals surface area contributed by atoms with Gasteiger partial charge in [-0.05, 0) is 19.1 Å². The fourth-order valence-electron chi connectivity index (χ4n) is 4.25. The van der Waals surface area contributed by atoms with Gasteiger partial charge < -0.3 is 20.7 Å². The summed E-state index contributed by atoms with van der Waals surface area (Å²) in [5, 5.41) is 3.06. The van der Waals surface area contributed by atoms with Gasteiger partial charge in [0.1, 0.15) is 12.0 Å². The van der Waals surface area contributed by atoms with Crippen LogP contribution in [0.4, 0.5) is 13.2 Å². The zero-order valence-corrected chi connectivity index (χ0v) is 19.3. The molecule has 4 rings (SSSR count). The number of benzene rings is 1. The van der Waals surface area contributed by atoms with E-state index in [2.05, 4.69) is 21.9 Å². The van der Waals surface area contributed by atoms with Crippen LogP contribution in [0.5, 0.6) is 11.6 Å². The van der Waals surface area contributed by atoms with Crippen molar-refractivity contribution in [3.05, 3.63) is 71.7 Å². The van der Waals surface area contributed by atoms with E-state index in [1.807, 2.05) is 4.90 Å². The average molecular weight is 486 g/mol. The second-order valence-electron chi connectivity index (χ2n) is 8.09. The molecule has 11 heteroatoms. The van der Waals surface area contributed by atoms with Crippen LogP contribution < -0.4 is 15.8 Å². The number of hydrogen-bond acceptors (Lipinski definition) is 7. The van der Waals surface area contributed by atoms with Crippen LogP contribution >= 0.6 is 0 Å². The summed E-state index contributed by atoms with van der Waals surface area (Å²) in [5.41, 5.74) is 6.92. The lowest BCUT2D eigenvalue weighted by atomic mass is 10.1. The van der Waals surface area contributed by atoms with E-state index >= 15 is 8.78 Å². The van der Waals surface area contributed by atoms with E-state index in [-0.39, 0.29) is 16.6 Å². The molecular weight excluding hydrogens is 461 g/mol. The average Bonchev–Trinajstić information content (AvgIpc) is 3.20. The largest absolute Gasteiger partial charge is 0.433 e. The van der Waals surface area contributed by atoms with Crippen molar-refractivity contribution in [2.45, 2.75) is 19.9 Å². The lowest BCUT2D eigenvalue weighted by molar-refractivity contribution is 0.0939. The molecule has 0 radical (unpaired) electrons. The van der Waals surface area contributed by atoms with Gasteiger partial charge in [-0.15, -0.1) is 0 Å². The smallest absolute Gasteiger partial charge is 0.259 e. The Bertz CT molecular complexity index is 1330. The number of hydrogen-bond donors (Lipinski definition) is 2. The maximum Gasteiger partial charge on any atom is 0.259 e. The maximum atomic E-state index is 15.4. The lowest BCUT2D eigenvalue weighted by Gasteiger charge is -2.34. The zero-order valence-electron chi connectivity index (χ0n) is 19.3. The molecule has 0 aliphatic carbocycles. The molecule has 0 spiro atoms. The van der Waals surface area contributed by atoms with Gasteiger partial charge in [-0.2, -0.15) is 9.37 Å². The molecule has 0 bridgehead atoms. The second kappa shape index (κ2) is 9.88. The standard InChI is InChI=1S/C24H25F3N6O2/c1-4-5-17(32-8-6-29-7-9-32)21(28)22-20(27)24(31-12-30-22)35-18-11-16(25)23-15(19(18)26)10-13(2)33(23)14(3)34/h4-5,10-12,21,29H,1,6-9,28H2,2-3H3/b17-5+. The van der Waals surface area contributed by atoms with Gasteiger partial charge in [0.15, 0.2) is 17.4 Å². The summed E-state index contributed by atoms with van der Waals surface area (Å²) in [7, 11) is 0. The van der Waals surface area contributed by atoms with Crippen LogP contribution in [0, 0.1) is 24.4 Å². The molecular formula is C24H25F3N6O2. The Balaban J connectivity index is 1.71. The third kappa shape index (κ3) is 4.52. The van der Waals surface area contributed by atoms with E-state index in [0.717, 1.165) is 30.1 Å². The third-order valence-corrected chi connectivity index (χ3v) is 5.81. The molecule has 1 aliphatic rings. The summed E-state index contributed by atoms with van der Waals surface area (Å²) in [4.78, 5) is 21.6. The highest BCUT2D eigenvalue weighted by Crippen LogP contribution is 2.35. The number of carbonyl (C=O) groups excluding carboxylic acids is 1. The van der Waals surface area contributed by atoms with Crippen LogP contribution in [0.3, 0.4) is 0 Å². The first-order valence-electron chi connectivity index (χ1n) is 11.0. The molecule has 1 saturated heterocycles. The van der Waals surface area contributed by atoms with Gasteiger partial charge in [0, 0.05) is 55.9 Å². The van der Waals surface area contributed by atoms with Crippen molar-refractivity contribution in [3.63, 3.8) is 0 Å². The van der Waals surface area contributed by atoms with E-state index in [9.17, 15) is 9.18 Å². The van der Waals surface area contributed by atoms with E-state index in [1.165, 1.54) is 13.0 Å². The van der Waals surface area contributed by atoms with E-state index in [4.69, 9.17) is 10.5 Å². The highest BCUT2D eigenvalue weighted by atomic mass is 19.1. The molecule has 3 N–H and O–H groups in total. The molecule has 1 unspecified atom stereocenters. The summed E-state index contributed by atoms with van der Waals surface area (Å²) < 4.78 is 51.9. The van der Waals surface area contributed by atoms with Gasteiger partial charge >= 0.3 is 0 Å². The van der Waals surface area contributed by atoms with Gasteiger partial charge in [0.2, 0.25) is 11.7 Å². The Labute approximate surface area is 199 Å². The fraction of sp³-hybridized carbons (Fsp3) is 0.292. The second-order valence-corrected chi connectivity index (χ2v) is 8.09. The molecule has 8 nitrogen and oxygen atoms in total. The number of nitrogens with one attached hydrogen (secondary N) is 1. The minimum absolute atomic E-state index is 0.165. The highest BCUT2D eigenvalue weighted by Gasteiger charge is 2.27. The SMILES string of the molecule is C=C/C=C(\C(N)c1ncnc(Oc2cc(F)c3c(cc(C)n3C(C)=O)c2F)c1F)N1CCNCC1.